The highest BCUT2D eigenvalue weighted by Gasteiger charge is 2.22. The zero-order valence-electron chi connectivity index (χ0n) is 11.8. The van der Waals surface area contributed by atoms with E-state index in [1.165, 1.54) is 0 Å². The van der Waals surface area contributed by atoms with Gasteiger partial charge in [-0.15, -0.1) is 0 Å². The standard InChI is InChI=1S/C16H13Cl2NO4/c17-11-7-4-8-12(18)15(11)23-9-13(20)19-14(16(21)22)10-5-2-1-3-6-10/h1-8,14H,9H2,(H,19,20)(H,21,22)/t14-/m1/s1. The van der Waals surface area contributed by atoms with E-state index in [0.717, 1.165) is 0 Å². The van der Waals surface area contributed by atoms with Gasteiger partial charge in [0.2, 0.25) is 0 Å². The molecule has 0 fully saturated rings. The highest BCUT2D eigenvalue weighted by molar-refractivity contribution is 6.37. The van der Waals surface area contributed by atoms with Gasteiger partial charge >= 0.3 is 5.97 Å². The van der Waals surface area contributed by atoms with Crippen LogP contribution in [0.2, 0.25) is 10.0 Å². The van der Waals surface area contributed by atoms with E-state index < -0.39 is 24.5 Å². The maximum absolute atomic E-state index is 11.9. The van der Waals surface area contributed by atoms with Crippen LogP contribution in [0.25, 0.3) is 0 Å². The molecule has 2 rings (SSSR count). The fourth-order valence-electron chi connectivity index (χ4n) is 1.89. The molecule has 120 valence electrons. The van der Waals surface area contributed by atoms with Crippen LogP contribution in [0.5, 0.6) is 5.75 Å². The van der Waals surface area contributed by atoms with Gasteiger partial charge < -0.3 is 15.2 Å². The Morgan fingerprint density at radius 2 is 1.65 bits per heavy atom. The number of ether oxygens (including phenoxy) is 1. The quantitative estimate of drug-likeness (QED) is 0.835. The lowest BCUT2D eigenvalue weighted by Gasteiger charge is -2.15. The van der Waals surface area contributed by atoms with E-state index in [2.05, 4.69) is 5.32 Å². The molecule has 0 aliphatic rings. The number of rotatable bonds is 6. The second-order valence-corrected chi connectivity index (χ2v) is 5.40. The molecule has 0 bridgehead atoms. The molecule has 1 atom stereocenters. The van der Waals surface area contributed by atoms with Gasteiger partial charge in [-0.3, -0.25) is 4.79 Å². The first kappa shape index (κ1) is 17.1. The number of hydrogen-bond acceptors (Lipinski definition) is 3. The molecule has 0 saturated heterocycles. The molecular weight excluding hydrogens is 341 g/mol. The first-order chi connectivity index (χ1) is 11.0. The van der Waals surface area contributed by atoms with Gasteiger partial charge in [-0.05, 0) is 17.7 Å². The largest absolute Gasteiger partial charge is 0.481 e. The number of carboxylic acid groups (broad SMARTS) is 1. The van der Waals surface area contributed by atoms with Crippen molar-refractivity contribution in [1.82, 2.24) is 5.32 Å². The number of halogens is 2. The number of amides is 1. The van der Waals surface area contributed by atoms with Crippen LogP contribution in [0.1, 0.15) is 11.6 Å². The molecule has 0 spiro atoms. The topological polar surface area (TPSA) is 75.6 Å². The molecule has 0 heterocycles. The predicted octanol–water partition coefficient (Wildman–Crippen LogP) is 3.31. The number of nitrogens with one attached hydrogen (secondary N) is 1. The molecule has 0 aromatic heterocycles. The number of carbonyl (C=O) groups excluding carboxylic acids is 1. The number of hydrogen-bond donors (Lipinski definition) is 2. The summed E-state index contributed by atoms with van der Waals surface area (Å²) in [6.07, 6.45) is 0. The fourth-order valence-corrected chi connectivity index (χ4v) is 2.40. The lowest BCUT2D eigenvalue weighted by atomic mass is 10.1. The molecular formula is C16H13Cl2NO4. The molecule has 7 heteroatoms. The summed E-state index contributed by atoms with van der Waals surface area (Å²) in [6, 6.07) is 12.0. The van der Waals surface area contributed by atoms with Gasteiger partial charge in [-0.2, -0.15) is 0 Å². The first-order valence-electron chi connectivity index (χ1n) is 6.63. The van der Waals surface area contributed by atoms with Gasteiger partial charge in [0.1, 0.15) is 0 Å². The minimum atomic E-state index is -1.17. The summed E-state index contributed by atoms with van der Waals surface area (Å²) in [5, 5.41) is 12.2. The second kappa shape index (κ2) is 7.85. The van der Waals surface area contributed by atoms with Crippen molar-refractivity contribution >= 4 is 35.1 Å². The fraction of sp³-hybridized carbons (Fsp3) is 0.125. The van der Waals surface area contributed by atoms with Crippen LogP contribution in [0, 0.1) is 0 Å². The maximum Gasteiger partial charge on any atom is 0.330 e. The number of carboxylic acids is 1. The SMILES string of the molecule is O=C(COc1c(Cl)cccc1Cl)N[C@@H](C(=O)O)c1ccccc1. The highest BCUT2D eigenvalue weighted by Crippen LogP contribution is 2.32. The summed E-state index contributed by atoms with van der Waals surface area (Å²) in [5.74, 6) is -1.59. The van der Waals surface area contributed by atoms with E-state index in [4.69, 9.17) is 27.9 Å². The molecule has 1 amide bonds. The van der Waals surface area contributed by atoms with Crippen molar-refractivity contribution in [2.24, 2.45) is 0 Å². The van der Waals surface area contributed by atoms with Gasteiger partial charge in [-0.25, -0.2) is 4.79 Å². The molecule has 23 heavy (non-hydrogen) atoms. The van der Waals surface area contributed by atoms with E-state index >= 15 is 0 Å². The Hall–Kier alpha value is -2.24. The van der Waals surface area contributed by atoms with E-state index in [-0.39, 0.29) is 15.8 Å². The Morgan fingerprint density at radius 1 is 1.04 bits per heavy atom. The first-order valence-corrected chi connectivity index (χ1v) is 7.38. The maximum atomic E-state index is 11.9. The Labute approximate surface area is 142 Å². The predicted molar refractivity (Wildman–Crippen MR) is 86.9 cm³/mol. The van der Waals surface area contributed by atoms with Gasteiger partial charge in [0.25, 0.3) is 5.91 Å². The van der Waals surface area contributed by atoms with Crippen LogP contribution in [0.15, 0.2) is 48.5 Å². The van der Waals surface area contributed by atoms with Gasteiger partial charge in [0.05, 0.1) is 10.0 Å². The Kier molecular flexibility index (Phi) is 5.84. The number of benzene rings is 2. The summed E-state index contributed by atoms with van der Waals surface area (Å²) < 4.78 is 5.28. The van der Waals surface area contributed by atoms with Gasteiger partial charge in [0.15, 0.2) is 18.4 Å². The van der Waals surface area contributed by atoms with Gasteiger partial charge in [-0.1, -0.05) is 59.6 Å². The number of para-hydroxylation sites is 1. The van der Waals surface area contributed by atoms with Crippen LogP contribution in [0.3, 0.4) is 0 Å². The molecule has 0 aliphatic heterocycles. The minimum absolute atomic E-state index is 0.178. The number of carbonyl (C=O) groups is 2. The van der Waals surface area contributed by atoms with E-state index in [9.17, 15) is 14.7 Å². The molecule has 5 nitrogen and oxygen atoms in total. The van der Waals surface area contributed by atoms with Crippen molar-refractivity contribution in [3.05, 3.63) is 64.1 Å². The molecule has 0 aliphatic carbocycles. The lowest BCUT2D eigenvalue weighted by molar-refractivity contribution is -0.142. The zero-order chi connectivity index (χ0) is 16.8. The van der Waals surface area contributed by atoms with Crippen molar-refractivity contribution in [1.29, 1.82) is 0 Å². The molecule has 0 unspecified atom stereocenters. The van der Waals surface area contributed by atoms with Crippen LogP contribution in [-0.4, -0.2) is 23.6 Å². The van der Waals surface area contributed by atoms with E-state index in [1.54, 1.807) is 48.5 Å². The average molecular weight is 354 g/mol. The third-order valence-electron chi connectivity index (χ3n) is 2.95. The van der Waals surface area contributed by atoms with E-state index in [0.29, 0.717) is 5.56 Å². The van der Waals surface area contributed by atoms with Gasteiger partial charge in [0, 0.05) is 0 Å². The molecule has 0 saturated carbocycles. The summed E-state index contributed by atoms with van der Waals surface area (Å²) >= 11 is 11.9. The summed E-state index contributed by atoms with van der Waals surface area (Å²) in [6.45, 7) is -0.403. The van der Waals surface area contributed by atoms with Crippen LogP contribution in [-0.2, 0) is 9.59 Å². The van der Waals surface area contributed by atoms with E-state index in [1.807, 2.05) is 0 Å². The summed E-state index contributed by atoms with van der Waals surface area (Å²) in [5.41, 5.74) is 0.462. The highest BCUT2D eigenvalue weighted by atomic mass is 35.5. The molecule has 2 N–H and O–H groups in total. The Balaban J connectivity index is 2.02. The Morgan fingerprint density at radius 3 is 2.22 bits per heavy atom. The van der Waals surface area contributed by atoms with Crippen LogP contribution in [0.4, 0.5) is 0 Å². The monoisotopic (exact) mass is 353 g/mol. The van der Waals surface area contributed by atoms with Crippen LogP contribution >= 0.6 is 23.2 Å². The summed E-state index contributed by atoms with van der Waals surface area (Å²) in [7, 11) is 0. The minimum Gasteiger partial charge on any atom is -0.481 e. The van der Waals surface area contributed by atoms with Crippen molar-refractivity contribution in [2.75, 3.05) is 6.61 Å². The van der Waals surface area contributed by atoms with Crippen molar-refractivity contribution < 1.29 is 19.4 Å². The summed E-state index contributed by atoms with van der Waals surface area (Å²) in [4.78, 5) is 23.3. The third-order valence-corrected chi connectivity index (χ3v) is 3.55. The number of aliphatic carboxylic acids is 1. The Bertz CT molecular complexity index is 686. The molecule has 2 aromatic rings. The second-order valence-electron chi connectivity index (χ2n) is 4.59. The lowest BCUT2D eigenvalue weighted by Crippen LogP contribution is -2.36. The smallest absolute Gasteiger partial charge is 0.330 e. The van der Waals surface area contributed by atoms with Crippen molar-refractivity contribution in [3.8, 4) is 5.75 Å². The van der Waals surface area contributed by atoms with Crippen molar-refractivity contribution in [3.63, 3.8) is 0 Å². The third kappa shape index (κ3) is 4.61. The van der Waals surface area contributed by atoms with Crippen LogP contribution < -0.4 is 10.1 Å². The normalized spacial score (nSPS) is 11.6. The average Bonchev–Trinajstić information content (AvgIpc) is 2.52. The molecule has 0 radical (unpaired) electrons. The molecule has 2 aromatic carbocycles. The van der Waals surface area contributed by atoms with Crippen molar-refractivity contribution in [2.45, 2.75) is 6.04 Å². The zero-order valence-corrected chi connectivity index (χ0v) is 13.3.